The molecule has 0 spiro atoms. The maximum absolute atomic E-state index is 12.1. The zero-order valence-corrected chi connectivity index (χ0v) is 11.9. The molecule has 2 saturated heterocycles. The van der Waals surface area contributed by atoms with Crippen molar-refractivity contribution in [2.75, 3.05) is 26.9 Å². The summed E-state index contributed by atoms with van der Waals surface area (Å²) in [5, 5.41) is 3.29. The molecule has 0 radical (unpaired) electrons. The highest BCUT2D eigenvalue weighted by molar-refractivity contribution is 5.81. The van der Waals surface area contributed by atoms with Crippen LogP contribution in [0, 0.1) is 6.92 Å². The van der Waals surface area contributed by atoms with Crippen LogP contribution in [0.2, 0.25) is 0 Å². The molecule has 5 heteroatoms. The quantitative estimate of drug-likeness (QED) is 0.902. The van der Waals surface area contributed by atoms with Crippen molar-refractivity contribution in [3.63, 3.8) is 0 Å². The van der Waals surface area contributed by atoms with Gasteiger partial charge >= 0.3 is 0 Å². The number of carbonyl (C=O) groups excluding carboxylic acids is 1. The van der Waals surface area contributed by atoms with E-state index in [2.05, 4.69) is 11.4 Å². The third-order valence-corrected chi connectivity index (χ3v) is 4.05. The van der Waals surface area contributed by atoms with Gasteiger partial charge in [0.05, 0.1) is 26.3 Å². The van der Waals surface area contributed by atoms with Crippen molar-refractivity contribution in [3.05, 3.63) is 29.3 Å². The summed E-state index contributed by atoms with van der Waals surface area (Å²) in [6.45, 7) is 3.79. The molecule has 2 aliphatic rings. The first-order valence-electron chi connectivity index (χ1n) is 6.97. The molecule has 0 saturated carbocycles. The lowest BCUT2D eigenvalue weighted by Gasteiger charge is -2.29. The van der Waals surface area contributed by atoms with Crippen LogP contribution in [-0.2, 0) is 9.53 Å². The second-order valence-electron chi connectivity index (χ2n) is 5.33. The Labute approximate surface area is 118 Å². The summed E-state index contributed by atoms with van der Waals surface area (Å²) in [5.41, 5.74) is 2.18. The molecule has 1 aromatic carbocycles. The Morgan fingerprint density at radius 1 is 1.45 bits per heavy atom. The van der Waals surface area contributed by atoms with Crippen LogP contribution >= 0.6 is 0 Å². The van der Waals surface area contributed by atoms with Crippen LogP contribution in [0.5, 0.6) is 5.75 Å². The second-order valence-corrected chi connectivity index (χ2v) is 5.33. The van der Waals surface area contributed by atoms with E-state index < -0.39 is 0 Å². The lowest BCUT2D eigenvalue weighted by molar-refractivity contribution is -0.130. The number of benzene rings is 1. The summed E-state index contributed by atoms with van der Waals surface area (Å²) < 4.78 is 10.7. The molecular formula is C15H20N2O3. The molecule has 0 bridgehead atoms. The number of carbonyl (C=O) groups is 1. The van der Waals surface area contributed by atoms with Gasteiger partial charge in [0.1, 0.15) is 11.9 Å². The Morgan fingerprint density at radius 3 is 2.95 bits per heavy atom. The van der Waals surface area contributed by atoms with Gasteiger partial charge in [0.25, 0.3) is 0 Å². The second kappa shape index (κ2) is 5.42. The third kappa shape index (κ3) is 2.27. The number of rotatable bonds is 3. The van der Waals surface area contributed by atoms with Gasteiger partial charge in [-0.2, -0.15) is 0 Å². The Kier molecular flexibility index (Phi) is 3.63. The van der Waals surface area contributed by atoms with Gasteiger partial charge in [-0.3, -0.25) is 10.1 Å². The van der Waals surface area contributed by atoms with E-state index in [1.165, 1.54) is 0 Å². The fraction of sp³-hybridized carbons (Fsp3) is 0.533. The predicted octanol–water partition coefficient (Wildman–Crippen LogP) is 1.22. The zero-order chi connectivity index (χ0) is 14.1. The van der Waals surface area contributed by atoms with Gasteiger partial charge in [-0.1, -0.05) is 6.07 Å². The molecule has 1 amide bonds. The van der Waals surface area contributed by atoms with Gasteiger partial charge in [-0.25, -0.2) is 0 Å². The fourth-order valence-electron chi connectivity index (χ4n) is 3.02. The summed E-state index contributed by atoms with van der Waals surface area (Å²) in [4.78, 5) is 14.1. The van der Waals surface area contributed by atoms with E-state index in [1.807, 2.05) is 24.0 Å². The molecule has 3 rings (SSSR count). The highest BCUT2D eigenvalue weighted by Gasteiger charge is 2.38. The minimum atomic E-state index is -0.0567. The van der Waals surface area contributed by atoms with E-state index in [0.717, 1.165) is 29.9 Å². The number of nitrogens with zero attached hydrogens (tertiary/aromatic N) is 1. The van der Waals surface area contributed by atoms with Crippen molar-refractivity contribution >= 4 is 5.91 Å². The van der Waals surface area contributed by atoms with Gasteiger partial charge < -0.3 is 14.4 Å². The van der Waals surface area contributed by atoms with Gasteiger partial charge in [0, 0.05) is 6.61 Å². The molecule has 2 fully saturated rings. The molecule has 1 aromatic rings. The Morgan fingerprint density at radius 2 is 2.30 bits per heavy atom. The maximum Gasteiger partial charge on any atom is 0.238 e. The molecule has 108 valence electrons. The summed E-state index contributed by atoms with van der Waals surface area (Å²) in [7, 11) is 1.67. The minimum absolute atomic E-state index is 0.0567. The molecule has 2 aliphatic heterocycles. The Hall–Kier alpha value is -1.59. The summed E-state index contributed by atoms with van der Waals surface area (Å²) >= 11 is 0. The topological polar surface area (TPSA) is 50.8 Å². The van der Waals surface area contributed by atoms with E-state index in [4.69, 9.17) is 9.47 Å². The van der Waals surface area contributed by atoms with Crippen LogP contribution < -0.4 is 10.1 Å². The smallest absolute Gasteiger partial charge is 0.238 e. The van der Waals surface area contributed by atoms with E-state index in [9.17, 15) is 4.79 Å². The SMILES string of the molecule is COc1ccc(C2NCC(=O)N2C2CCOC2)cc1C. The van der Waals surface area contributed by atoms with Crippen LogP contribution in [0.25, 0.3) is 0 Å². The maximum atomic E-state index is 12.1. The zero-order valence-electron chi connectivity index (χ0n) is 11.9. The van der Waals surface area contributed by atoms with Gasteiger partial charge in [-0.05, 0) is 36.6 Å². The molecule has 0 aliphatic carbocycles. The molecule has 2 unspecified atom stereocenters. The van der Waals surface area contributed by atoms with Crippen molar-refractivity contribution in [1.82, 2.24) is 10.2 Å². The Balaban J connectivity index is 1.87. The first kappa shape index (κ1) is 13.4. The van der Waals surface area contributed by atoms with Gasteiger partial charge in [-0.15, -0.1) is 0 Å². The van der Waals surface area contributed by atoms with E-state index >= 15 is 0 Å². The number of methoxy groups -OCH3 is 1. The normalized spacial score (nSPS) is 26.3. The number of aryl methyl sites for hydroxylation is 1. The first-order valence-corrected chi connectivity index (χ1v) is 6.97. The number of hydrogen-bond donors (Lipinski definition) is 1. The number of amides is 1. The van der Waals surface area contributed by atoms with Crippen LogP contribution in [0.4, 0.5) is 0 Å². The van der Waals surface area contributed by atoms with Crippen molar-refractivity contribution in [2.24, 2.45) is 0 Å². The molecule has 20 heavy (non-hydrogen) atoms. The van der Waals surface area contributed by atoms with E-state index in [0.29, 0.717) is 13.2 Å². The largest absolute Gasteiger partial charge is 0.496 e. The highest BCUT2D eigenvalue weighted by Crippen LogP contribution is 2.30. The van der Waals surface area contributed by atoms with E-state index in [1.54, 1.807) is 7.11 Å². The van der Waals surface area contributed by atoms with Crippen molar-refractivity contribution < 1.29 is 14.3 Å². The average molecular weight is 276 g/mol. The van der Waals surface area contributed by atoms with Crippen molar-refractivity contribution in [3.8, 4) is 5.75 Å². The van der Waals surface area contributed by atoms with Crippen LogP contribution in [0.1, 0.15) is 23.7 Å². The number of nitrogens with one attached hydrogen (secondary N) is 1. The number of hydrogen-bond acceptors (Lipinski definition) is 4. The molecule has 2 atom stereocenters. The third-order valence-electron chi connectivity index (χ3n) is 4.05. The standard InChI is InChI=1S/C15H20N2O3/c1-10-7-11(3-4-13(10)19-2)15-16-8-14(18)17(15)12-5-6-20-9-12/h3-4,7,12,15-16H,5-6,8-9H2,1-2H3. The summed E-state index contributed by atoms with van der Waals surface area (Å²) in [5.74, 6) is 1.02. The van der Waals surface area contributed by atoms with Crippen LogP contribution in [0.3, 0.4) is 0 Å². The lowest BCUT2D eigenvalue weighted by atomic mass is 10.1. The van der Waals surface area contributed by atoms with Gasteiger partial charge in [0.2, 0.25) is 5.91 Å². The fourth-order valence-corrected chi connectivity index (χ4v) is 3.02. The van der Waals surface area contributed by atoms with Crippen molar-refractivity contribution in [1.29, 1.82) is 0 Å². The first-order chi connectivity index (χ1) is 9.70. The van der Waals surface area contributed by atoms with Crippen LogP contribution in [0.15, 0.2) is 18.2 Å². The van der Waals surface area contributed by atoms with Crippen molar-refractivity contribution in [2.45, 2.75) is 25.6 Å². The van der Waals surface area contributed by atoms with E-state index in [-0.39, 0.29) is 18.1 Å². The van der Waals surface area contributed by atoms with Crippen LogP contribution in [-0.4, -0.2) is 43.7 Å². The Bertz CT molecular complexity index is 512. The molecule has 1 N–H and O–H groups in total. The predicted molar refractivity (Wildman–Crippen MR) is 74.5 cm³/mol. The summed E-state index contributed by atoms with van der Waals surface area (Å²) in [6.07, 6.45) is 0.859. The number of ether oxygens (including phenoxy) is 2. The average Bonchev–Trinajstić information content (AvgIpc) is 3.07. The molecule has 0 aromatic heterocycles. The van der Waals surface area contributed by atoms with Gasteiger partial charge in [0.15, 0.2) is 0 Å². The monoisotopic (exact) mass is 276 g/mol. The minimum Gasteiger partial charge on any atom is -0.496 e. The molecule has 2 heterocycles. The lowest BCUT2D eigenvalue weighted by Crippen LogP contribution is -2.40. The molecule has 5 nitrogen and oxygen atoms in total. The summed E-state index contributed by atoms with van der Waals surface area (Å²) in [6, 6.07) is 6.24. The molecular weight excluding hydrogens is 256 g/mol. The highest BCUT2D eigenvalue weighted by atomic mass is 16.5.